The standard InChI is InChI=1S/C21H35NO2/c1-15(12-22-13-16(2)24-17(3)14-22)20(23-7)18-8-10-19(11-9-18)21(4,5)6/h8-11,15-17,20H,12-14H2,1-7H3. The van der Waals surface area contributed by atoms with Crippen LogP contribution in [-0.2, 0) is 14.9 Å². The lowest BCUT2D eigenvalue weighted by Gasteiger charge is -2.38. The largest absolute Gasteiger partial charge is 0.376 e. The Morgan fingerprint density at radius 1 is 1.12 bits per heavy atom. The van der Waals surface area contributed by atoms with Crippen LogP contribution in [0.4, 0.5) is 0 Å². The number of hydrogen-bond donors (Lipinski definition) is 0. The minimum Gasteiger partial charge on any atom is -0.376 e. The highest BCUT2D eigenvalue weighted by atomic mass is 16.5. The molecular weight excluding hydrogens is 298 g/mol. The van der Waals surface area contributed by atoms with Crippen molar-refractivity contribution < 1.29 is 9.47 Å². The molecule has 3 heteroatoms. The molecule has 1 aromatic rings. The van der Waals surface area contributed by atoms with Gasteiger partial charge in [0.1, 0.15) is 0 Å². The molecular formula is C21H35NO2. The summed E-state index contributed by atoms with van der Waals surface area (Å²) in [6, 6.07) is 8.95. The Kier molecular flexibility index (Phi) is 6.46. The van der Waals surface area contributed by atoms with Gasteiger partial charge in [0.15, 0.2) is 0 Å². The molecule has 0 spiro atoms. The van der Waals surface area contributed by atoms with Gasteiger partial charge in [-0.1, -0.05) is 52.0 Å². The first kappa shape index (κ1) is 19.4. The Labute approximate surface area is 148 Å². The molecule has 136 valence electrons. The maximum Gasteiger partial charge on any atom is 0.0858 e. The van der Waals surface area contributed by atoms with Crippen molar-refractivity contribution in [3.8, 4) is 0 Å². The van der Waals surface area contributed by atoms with E-state index in [0.717, 1.165) is 19.6 Å². The fourth-order valence-corrected chi connectivity index (χ4v) is 3.81. The van der Waals surface area contributed by atoms with Crippen LogP contribution in [0.2, 0.25) is 0 Å². The van der Waals surface area contributed by atoms with Gasteiger partial charge in [0.2, 0.25) is 0 Å². The van der Waals surface area contributed by atoms with Crippen LogP contribution in [0.5, 0.6) is 0 Å². The molecule has 3 nitrogen and oxygen atoms in total. The third-order valence-corrected chi connectivity index (χ3v) is 4.92. The van der Waals surface area contributed by atoms with Crippen LogP contribution in [0.1, 0.15) is 58.8 Å². The third kappa shape index (κ3) is 5.05. The molecule has 1 aromatic carbocycles. The van der Waals surface area contributed by atoms with Gasteiger partial charge in [-0.3, -0.25) is 4.90 Å². The predicted octanol–water partition coefficient (Wildman–Crippen LogP) is 4.42. The monoisotopic (exact) mass is 333 g/mol. The number of hydrogen-bond acceptors (Lipinski definition) is 3. The lowest BCUT2D eigenvalue weighted by molar-refractivity contribution is -0.0770. The molecule has 0 aromatic heterocycles. The van der Waals surface area contributed by atoms with E-state index in [2.05, 4.69) is 70.7 Å². The minimum atomic E-state index is 0.132. The SMILES string of the molecule is COC(c1ccc(C(C)(C)C)cc1)C(C)CN1CC(C)OC(C)C1. The summed E-state index contributed by atoms with van der Waals surface area (Å²) >= 11 is 0. The van der Waals surface area contributed by atoms with Crippen LogP contribution in [0.25, 0.3) is 0 Å². The Morgan fingerprint density at radius 2 is 1.67 bits per heavy atom. The molecule has 0 aliphatic carbocycles. The summed E-state index contributed by atoms with van der Waals surface area (Å²) in [6.45, 7) is 16.4. The summed E-state index contributed by atoms with van der Waals surface area (Å²) in [4.78, 5) is 2.51. The minimum absolute atomic E-state index is 0.132. The van der Waals surface area contributed by atoms with E-state index in [4.69, 9.17) is 9.47 Å². The number of benzene rings is 1. The fourth-order valence-electron chi connectivity index (χ4n) is 3.81. The van der Waals surface area contributed by atoms with Crippen LogP contribution < -0.4 is 0 Å². The van der Waals surface area contributed by atoms with Crippen molar-refractivity contribution in [2.24, 2.45) is 5.92 Å². The second-order valence-corrected chi connectivity index (χ2v) is 8.48. The maximum absolute atomic E-state index is 5.86. The molecule has 4 unspecified atom stereocenters. The first-order valence-corrected chi connectivity index (χ1v) is 9.21. The van der Waals surface area contributed by atoms with Crippen LogP contribution >= 0.6 is 0 Å². The summed E-state index contributed by atoms with van der Waals surface area (Å²) in [6.07, 6.45) is 0.758. The van der Waals surface area contributed by atoms with Gasteiger partial charge in [-0.25, -0.2) is 0 Å². The van der Waals surface area contributed by atoms with Crippen molar-refractivity contribution >= 4 is 0 Å². The molecule has 24 heavy (non-hydrogen) atoms. The summed E-state index contributed by atoms with van der Waals surface area (Å²) < 4.78 is 11.7. The summed E-state index contributed by atoms with van der Waals surface area (Å²) in [7, 11) is 1.82. The van der Waals surface area contributed by atoms with E-state index in [1.807, 2.05) is 7.11 Å². The third-order valence-electron chi connectivity index (χ3n) is 4.92. The second kappa shape index (κ2) is 7.99. The average Bonchev–Trinajstić information content (AvgIpc) is 2.46. The molecule has 1 aliphatic heterocycles. The zero-order chi connectivity index (χ0) is 17.9. The Morgan fingerprint density at radius 3 is 2.12 bits per heavy atom. The summed E-state index contributed by atoms with van der Waals surface area (Å²) in [5.74, 6) is 0.438. The van der Waals surface area contributed by atoms with Gasteiger partial charge in [-0.2, -0.15) is 0 Å². The molecule has 2 rings (SSSR count). The molecule has 1 saturated heterocycles. The zero-order valence-electron chi connectivity index (χ0n) is 16.5. The van der Waals surface area contributed by atoms with E-state index in [1.165, 1.54) is 11.1 Å². The fraction of sp³-hybridized carbons (Fsp3) is 0.714. The van der Waals surface area contributed by atoms with Gasteiger partial charge in [-0.05, 0) is 36.3 Å². The van der Waals surface area contributed by atoms with Gasteiger partial charge in [-0.15, -0.1) is 0 Å². The van der Waals surface area contributed by atoms with Crippen LogP contribution in [0.3, 0.4) is 0 Å². The number of morpholine rings is 1. The summed E-state index contributed by atoms with van der Waals surface area (Å²) in [5.41, 5.74) is 2.82. The van der Waals surface area contributed by atoms with Gasteiger partial charge >= 0.3 is 0 Å². The van der Waals surface area contributed by atoms with Crippen molar-refractivity contribution in [3.05, 3.63) is 35.4 Å². The van der Waals surface area contributed by atoms with Gasteiger partial charge in [0.05, 0.1) is 18.3 Å². The van der Waals surface area contributed by atoms with E-state index in [9.17, 15) is 0 Å². The van der Waals surface area contributed by atoms with Crippen LogP contribution in [0, 0.1) is 5.92 Å². The molecule has 4 atom stereocenters. The molecule has 0 N–H and O–H groups in total. The van der Waals surface area contributed by atoms with Gasteiger partial charge in [0.25, 0.3) is 0 Å². The topological polar surface area (TPSA) is 21.7 Å². The van der Waals surface area contributed by atoms with E-state index in [0.29, 0.717) is 18.1 Å². The molecule has 0 radical (unpaired) electrons. The van der Waals surface area contributed by atoms with Crippen molar-refractivity contribution in [1.82, 2.24) is 4.90 Å². The number of nitrogens with zero attached hydrogens (tertiary/aromatic N) is 1. The highest BCUT2D eigenvalue weighted by Crippen LogP contribution is 2.29. The Bertz CT molecular complexity index is 496. The lowest BCUT2D eigenvalue weighted by atomic mass is 9.85. The average molecular weight is 334 g/mol. The zero-order valence-corrected chi connectivity index (χ0v) is 16.5. The lowest BCUT2D eigenvalue weighted by Crippen LogP contribution is -2.47. The molecule has 0 amide bonds. The van der Waals surface area contributed by atoms with E-state index in [-0.39, 0.29) is 11.5 Å². The number of methoxy groups -OCH3 is 1. The Hall–Kier alpha value is -0.900. The summed E-state index contributed by atoms with van der Waals surface area (Å²) in [5, 5.41) is 0. The van der Waals surface area contributed by atoms with Crippen molar-refractivity contribution in [2.45, 2.75) is 65.3 Å². The smallest absolute Gasteiger partial charge is 0.0858 e. The normalized spacial score (nSPS) is 25.5. The van der Waals surface area contributed by atoms with E-state index in [1.54, 1.807) is 0 Å². The molecule has 1 aliphatic rings. The molecule has 1 heterocycles. The first-order chi connectivity index (χ1) is 11.2. The molecule has 0 saturated carbocycles. The van der Waals surface area contributed by atoms with E-state index < -0.39 is 0 Å². The quantitative estimate of drug-likeness (QED) is 0.796. The molecule has 1 fully saturated rings. The maximum atomic E-state index is 5.86. The van der Waals surface area contributed by atoms with Gasteiger partial charge < -0.3 is 9.47 Å². The van der Waals surface area contributed by atoms with Crippen molar-refractivity contribution in [3.63, 3.8) is 0 Å². The van der Waals surface area contributed by atoms with Crippen LogP contribution in [-0.4, -0.2) is 43.9 Å². The Balaban J connectivity index is 2.04. The van der Waals surface area contributed by atoms with E-state index >= 15 is 0 Å². The number of rotatable bonds is 5. The first-order valence-electron chi connectivity index (χ1n) is 9.21. The highest BCUT2D eigenvalue weighted by molar-refractivity contribution is 5.29. The van der Waals surface area contributed by atoms with Crippen LogP contribution in [0.15, 0.2) is 24.3 Å². The van der Waals surface area contributed by atoms with Crippen molar-refractivity contribution in [1.29, 1.82) is 0 Å². The molecule has 0 bridgehead atoms. The van der Waals surface area contributed by atoms with Gasteiger partial charge in [0, 0.05) is 26.7 Å². The van der Waals surface area contributed by atoms with Crippen molar-refractivity contribution in [2.75, 3.05) is 26.7 Å². The second-order valence-electron chi connectivity index (χ2n) is 8.48. The predicted molar refractivity (Wildman–Crippen MR) is 101 cm³/mol. The highest BCUT2D eigenvalue weighted by Gasteiger charge is 2.27. The number of ether oxygens (including phenoxy) is 2.